The Bertz CT molecular complexity index is 387. The molecule has 2 aromatic rings. The Morgan fingerprint density at radius 3 is 2.31 bits per heavy atom. The monoisotopic (exact) mass is 174 g/mol. The average molecular weight is 174 g/mol. The molecule has 0 spiro atoms. The molecule has 0 saturated heterocycles. The van der Waals surface area contributed by atoms with Crippen molar-refractivity contribution in [3.8, 4) is 11.5 Å². The van der Waals surface area contributed by atoms with Gasteiger partial charge in [-0.1, -0.05) is 17.2 Å². The summed E-state index contributed by atoms with van der Waals surface area (Å²) in [4.78, 5) is 0. The molecule has 3 heteroatoms. The first-order chi connectivity index (χ1) is 6.25. The van der Waals surface area contributed by atoms with E-state index in [0.29, 0.717) is 5.89 Å². The maximum atomic E-state index is 5.11. The van der Waals surface area contributed by atoms with Gasteiger partial charge in [0.2, 0.25) is 12.3 Å². The maximum absolute atomic E-state index is 5.11. The number of hydrogen-bond donors (Lipinski definition) is 0. The van der Waals surface area contributed by atoms with E-state index in [9.17, 15) is 0 Å². The Balaban J connectivity index is 2.53. The fourth-order valence-corrected chi connectivity index (χ4v) is 1.40. The van der Waals surface area contributed by atoms with Gasteiger partial charge in [0.05, 0.1) is 0 Å². The van der Waals surface area contributed by atoms with Gasteiger partial charge in [-0.2, -0.15) is 0 Å². The number of nitrogens with zero attached hydrogens (tertiary/aromatic N) is 2. The van der Waals surface area contributed by atoms with Crippen LogP contribution in [0, 0.1) is 13.8 Å². The van der Waals surface area contributed by atoms with E-state index in [1.165, 1.54) is 17.5 Å². The summed E-state index contributed by atoms with van der Waals surface area (Å²) >= 11 is 0. The van der Waals surface area contributed by atoms with Gasteiger partial charge in [-0.15, -0.1) is 10.2 Å². The third-order valence-corrected chi connectivity index (χ3v) is 1.83. The minimum absolute atomic E-state index is 0.576. The van der Waals surface area contributed by atoms with Gasteiger partial charge in [-0.25, -0.2) is 0 Å². The molecule has 13 heavy (non-hydrogen) atoms. The minimum Gasteiger partial charge on any atom is -0.423 e. The zero-order valence-electron chi connectivity index (χ0n) is 7.61. The van der Waals surface area contributed by atoms with Gasteiger partial charge in [-0.05, 0) is 26.0 Å². The van der Waals surface area contributed by atoms with Crippen LogP contribution >= 0.6 is 0 Å². The van der Waals surface area contributed by atoms with Gasteiger partial charge in [0.15, 0.2) is 0 Å². The van der Waals surface area contributed by atoms with Crippen LogP contribution in [0.5, 0.6) is 0 Å². The molecule has 0 saturated carbocycles. The number of aromatic nitrogens is 2. The molecule has 0 amide bonds. The highest BCUT2D eigenvalue weighted by Gasteiger charge is 2.03. The fraction of sp³-hybridized carbons (Fsp3) is 0.200. The van der Waals surface area contributed by atoms with Crippen molar-refractivity contribution in [3.63, 3.8) is 0 Å². The van der Waals surface area contributed by atoms with Crippen LogP contribution < -0.4 is 0 Å². The van der Waals surface area contributed by atoms with E-state index in [-0.39, 0.29) is 0 Å². The van der Waals surface area contributed by atoms with Crippen molar-refractivity contribution in [1.29, 1.82) is 0 Å². The molecule has 3 nitrogen and oxygen atoms in total. The summed E-state index contributed by atoms with van der Waals surface area (Å²) in [5, 5.41) is 7.49. The molecule has 0 radical (unpaired) electrons. The summed E-state index contributed by atoms with van der Waals surface area (Å²) < 4.78 is 5.11. The van der Waals surface area contributed by atoms with Gasteiger partial charge in [-0.3, -0.25) is 0 Å². The SMILES string of the molecule is Cc1cc(C)cc(-c2nnco2)c1. The Hall–Kier alpha value is -1.64. The van der Waals surface area contributed by atoms with E-state index in [2.05, 4.69) is 16.3 Å². The van der Waals surface area contributed by atoms with Gasteiger partial charge >= 0.3 is 0 Å². The van der Waals surface area contributed by atoms with E-state index in [0.717, 1.165) is 5.56 Å². The topological polar surface area (TPSA) is 38.9 Å². The molecular weight excluding hydrogens is 164 g/mol. The zero-order valence-corrected chi connectivity index (χ0v) is 7.61. The standard InChI is InChI=1S/C10H10N2O/c1-7-3-8(2)5-9(4-7)10-12-11-6-13-10/h3-6H,1-2H3. The highest BCUT2D eigenvalue weighted by molar-refractivity contribution is 5.55. The number of benzene rings is 1. The predicted octanol–water partition coefficient (Wildman–Crippen LogP) is 2.35. The molecule has 0 aliphatic rings. The highest BCUT2D eigenvalue weighted by atomic mass is 16.4. The number of hydrogen-bond acceptors (Lipinski definition) is 3. The fourth-order valence-electron chi connectivity index (χ4n) is 1.40. The van der Waals surface area contributed by atoms with E-state index >= 15 is 0 Å². The molecule has 0 bridgehead atoms. The van der Waals surface area contributed by atoms with Crippen LogP contribution in [-0.4, -0.2) is 10.2 Å². The van der Waals surface area contributed by atoms with Crippen LogP contribution in [0.4, 0.5) is 0 Å². The molecule has 0 N–H and O–H groups in total. The lowest BCUT2D eigenvalue weighted by atomic mass is 10.1. The molecule has 0 aliphatic carbocycles. The summed E-state index contributed by atoms with van der Waals surface area (Å²) in [5.41, 5.74) is 3.39. The summed E-state index contributed by atoms with van der Waals surface area (Å²) in [6.45, 7) is 4.10. The van der Waals surface area contributed by atoms with Crippen LogP contribution in [0.25, 0.3) is 11.5 Å². The first-order valence-corrected chi connectivity index (χ1v) is 4.10. The lowest BCUT2D eigenvalue weighted by Gasteiger charge is -1.99. The Morgan fingerprint density at radius 1 is 1.08 bits per heavy atom. The van der Waals surface area contributed by atoms with Crippen molar-refractivity contribution in [2.75, 3.05) is 0 Å². The van der Waals surface area contributed by atoms with Crippen LogP contribution in [0.15, 0.2) is 29.0 Å². The van der Waals surface area contributed by atoms with Crippen LogP contribution in [0.3, 0.4) is 0 Å². The molecule has 0 aliphatic heterocycles. The Labute approximate surface area is 76.4 Å². The maximum Gasteiger partial charge on any atom is 0.247 e. The summed E-state index contributed by atoms with van der Waals surface area (Å²) in [5.74, 6) is 0.576. The molecular formula is C10H10N2O. The van der Waals surface area contributed by atoms with E-state index in [4.69, 9.17) is 4.42 Å². The van der Waals surface area contributed by atoms with E-state index in [1.807, 2.05) is 26.0 Å². The Morgan fingerprint density at radius 2 is 1.77 bits per heavy atom. The normalized spacial score (nSPS) is 10.3. The van der Waals surface area contributed by atoms with Crippen molar-refractivity contribution < 1.29 is 4.42 Å². The van der Waals surface area contributed by atoms with Crippen LogP contribution in [0.2, 0.25) is 0 Å². The van der Waals surface area contributed by atoms with Gasteiger partial charge in [0, 0.05) is 5.56 Å². The summed E-state index contributed by atoms with van der Waals surface area (Å²) in [7, 11) is 0. The molecule has 1 aromatic carbocycles. The second kappa shape index (κ2) is 3.01. The zero-order chi connectivity index (χ0) is 9.26. The van der Waals surface area contributed by atoms with Crippen molar-refractivity contribution in [1.82, 2.24) is 10.2 Å². The largest absolute Gasteiger partial charge is 0.423 e. The smallest absolute Gasteiger partial charge is 0.247 e. The first kappa shape index (κ1) is 7.98. The molecule has 0 unspecified atom stereocenters. The quantitative estimate of drug-likeness (QED) is 0.666. The van der Waals surface area contributed by atoms with Gasteiger partial charge in [0.1, 0.15) is 0 Å². The van der Waals surface area contributed by atoms with Crippen LogP contribution in [-0.2, 0) is 0 Å². The van der Waals surface area contributed by atoms with E-state index < -0.39 is 0 Å². The van der Waals surface area contributed by atoms with Crippen molar-refractivity contribution in [2.24, 2.45) is 0 Å². The predicted molar refractivity (Wildman–Crippen MR) is 49.2 cm³/mol. The summed E-state index contributed by atoms with van der Waals surface area (Å²) in [6, 6.07) is 6.17. The molecule has 0 atom stereocenters. The second-order valence-corrected chi connectivity index (χ2v) is 3.12. The molecule has 1 heterocycles. The molecule has 2 rings (SSSR count). The molecule has 66 valence electrons. The third kappa shape index (κ3) is 1.59. The first-order valence-electron chi connectivity index (χ1n) is 4.10. The van der Waals surface area contributed by atoms with Crippen molar-refractivity contribution in [2.45, 2.75) is 13.8 Å². The van der Waals surface area contributed by atoms with E-state index in [1.54, 1.807) is 0 Å². The van der Waals surface area contributed by atoms with Crippen LogP contribution in [0.1, 0.15) is 11.1 Å². The van der Waals surface area contributed by atoms with Crippen molar-refractivity contribution in [3.05, 3.63) is 35.7 Å². The summed E-state index contributed by atoms with van der Waals surface area (Å²) in [6.07, 6.45) is 1.34. The molecule has 1 aromatic heterocycles. The third-order valence-electron chi connectivity index (χ3n) is 1.83. The Kier molecular flexibility index (Phi) is 1.85. The van der Waals surface area contributed by atoms with Crippen molar-refractivity contribution >= 4 is 0 Å². The average Bonchev–Trinajstić information content (AvgIpc) is 2.53. The molecule has 0 fully saturated rings. The number of aryl methyl sites for hydroxylation is 2. The lowest BCUT2D eigenvalue weighted by Crippen LogP contribution is -1.82. The van der Waals surface area contributed by atoms with Gasteiger partial charge in [0.25, 0.3) is 0 Å². The number of rotatable bonds is 1. The van der Waals surface area contributed by atoms with Gasteiger partial charge < -0.3 is 4.42 Å². The highest BCUT2D eigenvalue weighted by Crippen LogP contribution is 2.19. The second-order valence-electron chi connectivity index (χ2n) is 3.12. The lowest BCUT2D eigenvalue weighted by molar-refractivity contribution is 0.568. The minimum atomic E-state index is 0.576.